The van der Waals surface area contributed by atoms with Gasteiger partial charge in [0.05, 0.1) is 25.4 Å². The standard InChI is InChI=1S/C9H9F2NO4/c1-16-5-3-12-4(2-6(13)14)8(15)7(5)9(10)11/h3,9,15H,2H2,1H3,(H,13,14). The third-order valence-corrected chi connectivity index (χ3v) is 1.89. The minimum Gasteiger partial charge on any atom is -0.505 e. The third-order valence-electron chi connectivity index (χ3n) is 1.89. The third kappa shape index (κ3) is 2.36. The average molecular weight is 233 g/mol. The highest BCUT2D eigenvalue weighted by Gasteiger charge is 2.23. The topological polar surface area (TPSA) is 79.7 Å². The van der Waals surface area contributed by atoms with Gasteiger partial charge in [0.2, 0.25) is 0 Å². The minimum atomic E-state index is -2.97. The fourth-order valence-corrected chi connectivity index (χ4v) is 1.19. The fourth-order valence-electron chi connectivity index (χ4n) is 1.19. The summed E-state index contributed by atoms with van der Waals surface area (Å²) in [4.78, 5) is 13.9. The Morgan fingerprint density at radius 1 is 1.62 bits per heavy atom. The van der Waals surface area contributed by atoms with Crippen LogP contribution in [0.15, 0.2) is 6.20 Å². The number of aromatic hydroxyl groups is 1. The van der Waals surface area contributed by atoms with Crippen molar-refractivity contribution in [2.75, 3.05) is 7.11 Å². The zero-order valence-corrected chi connectivity index (χ0v) is 8.28. The Labute approximate surface area is 89.3 Å². The molecule has 0 saturated heterocycles. The Morgan fingerprint density at radius 2 is 2.25 bits per heavy atom. The molecule has 2 N–H and O–H groups in total. The van der Waals surface area contributed by atoms with E-state index in [1.54, 1.807) is 0 Å². The van der Waals surface area contributed by atoms with Crippen LogP contribution in [0.2, 0.25) is 0 Å². The van der Waals surface area contributed by atoms with Gasteiger partial charge in [0.25, 0.3) is 6.43 Å². The van der Waals surface area contributed by atoms with Crippen LogP contribution in [0.4, 0.5) is 8.78 Å². The lowest BCUT2D eigenvalue weighted by molar-refractivity contribution is -0.136. The second-order valence-corrected chi connectivity index (χ2v) is 2.91. The van der Waals surface area contributed by atoms with Crippen LogP contribution in [-0.4, -0.2) is 28.3 Å². The lowest BCUT2D eigenvalue weighted by Gasteiger charge is -2.11. The van der Waals surface area contributed by atoms with E-state index in [4.69, 9.17) is 5.11 Å². The van der Waals surface area contributed by atoms with E-state index in [1.165, 1.54) is 0 Å². The highest BCUT2D eigenvalue weighted by atomic mass is 19.3. The maximum Gasteiger partial charge on any atom is 0.309 e. The molecule has 0 unspecified atom stereocenters. The Bertz CT molecular complexity index is 409. The molecule has 0 radical (unpaired) electrons. The van der Waals surface area contributed by atoms with Crippen molar-refractivity contribution in [2.45, 2.75) is 12.8 Å². The lowest BCUT2D eigenvalue weighted by atomic mass is 10.1. The molecule has 0 bridgehead atoms. The molecule has 0 aliphatic carbocycles. The summed E-state index contributed by atoms with van der Waals surface area (Å²) in [5.74, 6) is -2.38. The Morgan fingerprint density at radius 3 is 2.69 bits per heavy atom. The van der Waals surface area contributed by atoms with Crippen molar-refractivity contribution in [3.8, 4) is 11.5 Å². The number of carboxylic acids is 1. The van der Waals surface area contributed by atoms with Crippen molar-refractivity contribution in [1.29, 1.82) is 0 Å². The average Bonchev–Trinajstić information content (AvgIpc) is 2.19. The van der Waals surface area contributed by atoms with Crippen molar-refractivity contribution >= 4 is 5.97 Å². The Balaban J connectivity index is 3.26. The van der Waals surface area contributed by atoms with Gasteiger partial charge in [-0.15, -0.1) is 0 Å². The van der Waals surface area contributed by atoms with E-state index in [9.17, 15) is 18.7 Å². The summed E-state index contributed by atoms with van der Waals surface area (Å²) in [6.45, 7) is 0. The van der Waals surface area contributed by atoms with Gasteiger partial charge in [-0.1, -0.05) is 0 Å². The predicted octanol–water partition coefficient (Wildman–Crippen LogP) is 1.36. The second kappa shape index (κ2) is 4.73. The number of rotatable bonds is 4. The number of carbonyl (C=O) groups is 1. The molecular weight excluding hydrogens is 224 g/mol. The van der Waals surface area contributed by atoms with Crippen LogP contribution in [0.3, 0.4) is 0 Å². The minimum absolute atomic E-state index is 0.276. The second-order valence-electron chi connectivity index (χ2n) is 2.91. The van der Waals surface area contributed by atoms with Crippen LogP contribution in [0.1, 0.15) is 17.7 Å². The van der Waals surface area contributed by atoms with Crippen LogP contribution in [0, 0.1) is 0 Å². The number of hydrogen-bond acceptors (Lipinski definition) is 4. The van der Waals surface area contributed by atoms with Gasteiger partial charge in [0, 0.05) is 0 Å². The predicted molar refractivity (Wildman–Crippen MR) is 48.8 cm³/mol. The van der Waals surface area contributed by atoms with Crippen LogP contribution in [0.5, 0.6) is 11.5 Å². The van der Waals surface area contributed by atoms with E-state index in [1.807, 2.05) is 0 Å². The quantitative estimate of drug-likeness (QED) is 0.820. The summed E-state index contributed by atoms with van der Waals surface area (Å²) in [6.07, 6.45) is -2.64. The number of hydrogen-bond donors (Lipinski definition) is 2. The normalized spacial score (nSPS) is 10.5. The van der Waals surface area contributed by atoms with E-state index in [2.05, 4.69) is 9.72 Å². The molecule has 16 heavy (non-hydrogen) atoms. The van der Waals surface area contributed by atoms with Crippen molar-refractivity contribution in [3.63, 3.8) is 0 Å². The lowest BCUT2D eigenvalue weighted by Crippen LogP contribution is -2.05. The number of pyridine rings is 1. The first-order chi connectivity index (χ1) is 7.47. The van der Waals surface area contributed by atoms with E-state index < -0.39 is 30.1 Å². The summed E-state index contributed by atoms with van der Waals surface area (Å²) < 4.78 is 29.8. The van der Waals surface area contributed by atoms with Gasteiger partial charge in [0.1, 0.15) is 17.1 Å². The summed E-state index contributed by atoms with van der Waals surface area (Å²) >= 11 is 0. The van der Waals surface area contributed by atoms with Crippen molar-refractivity contribution in [3.05, 3.63) is 17.5 Å². The molecule has 1 rings (SSSR count). The number of halogens is 2. The summed E-state index contributed by atoms with van der Waals surface area (Å²) in [7, 11) is 1.15. The smallest absolute Gasteiger partial charge is 0.309 e. The number of aromatic nitrogens is 1. The Hall–Kier alpha value is -1.92. The Kier molecular flexibility index (Phi) is 3.60. The van der Waals surface area contributed by atoms with Gasteiger partial charge in [0.15, 0.2) is 0 Å². The summed E-state index contributed by atoms with van der Waals surface area (Å²) in [5.41, 5.74) is -1.06. The van der Waals surface area contributed by atoms with Crippen molar-refractivity contribution in [2.24, 2.45) is 0 Å². The zero-order valence-electron chi connectivity index (χ0n) is 8.28. The highest BCUT2D eigenvalue weighted by molar-refractivity contribution is 5.71. The van der Waals surface area contributed by atoms with Gasteiger partial charge < -0.3 is 14.9 Å². The van der Waals surface area contributed by atoms with E-state index >= 15 is 0 Å². The summed E-state index contributed by atoms with van der Waals surface area (Å²) in [6, 6.07) is 0. The molecule has 1 heterocycles. The molecule has 0 saturated carbocycles. The molecule has 0 fully saturated rings. The fraction of sp³-hybridized carbons (Fsp3) is 0.333. The number of nitrogens with zero attached hydrogens (tertiary/aromatic N) is 1. The molecular formula is C9H9F2NO4. The molecule has 0 aliphatic rings. The van der Waals surface area contributed by atoms with Crippen LogP contribution >= 0.6 is 0 Å². The number of aliphatic carboxylic acids is 1. The van der Waals surface area contributed by atoms with Crippen molar-refractivity contribution in [1.82, 2.24) is 4.98 Å². The maximum atomic E-state index is 12.6. The molecule has 1 aromatic heterocycles. The van der Waals surface area contributed by atoms with Crippen LogP contribution in [0.25, 0.3) is 0 Å². The molecule has 7 heteroatoms. The number of ether oxygens (including phenoxy) is 1. The first-order valence-corrected chi connectivity index (χ1v) is 4.22. The molecule has 0 atom stereocenters. The monoisotopic (exact) mass is 233 g/mol. The molecule has 0 amide bonds. The molecule has 0 aliphatic heterocycles. The molecule has 88 valence electrons. The zero-order chi connectivity index (χ0) is 12.3. The number of methoxy groups -OCH3 is 1. The maximum absolute atomic E-state index is 12.6. The van der Waals surface area contributed by atoms with Gasteiger partial charge >= 0.3 is 5.97 Å². The molecule has 0 spiro atoms. The summed E-state index contributed by atoms with van der Waals surface area (Å²) in [5, 5.41) is 17.9. The van der Waals surface area contributed by atoms with Crippen molar-refractivity contribution < 1.29 is 28.5 Å². The number of carboxylic acid groups (broad SMARTS) is 1. The van der Waals surface area contributed by atoms with Gasteiger partial charge in [-0.05, 0) is 0 Å². The highest BCUT2D eigenvalue weighted by Crippen LogP contribution is 2.37. The first kappa shape index (κ1) is 12.2. The van der Waals surface area contributed by atoms with E-state index in [0.717, 1.165) is 13.3 Å². The largest absolute Gasteiger partial charge is 0.505 e. The van der Waals surface area contributed by atoms with Crippen LogP contribution in [-0.2, 0) is 11.2 Å². The van der Waals surface area contributed by atoms with Crippen LogP contribution < -0.4 is 4.74 Å². The molecule has 1 aromatic rings. The van der Waals surface area contributed by atoms with E-state index in [0.29, 0.717) is 0 Å². The van der Waals surface area contributed by atoms with E-state index in [-0.39, 0.29) is 11.4 Å². The number of alkyl halides is 2. The van der Waals surface area contributed by atoms with Gasteiger partial charge in [-0.2, -0.15) is 0 Å². The first-order valence-electron chi connectivity index (χ1n) is 4.22. The van der Waals surface area contributed by atoms with Gasteiger partial charge in [-0.25, -0.2) is 8.78 Å². The molecule has 0 aromatic carbocycles. The molecule has 5 nitrogen and oxygen atoms in total. The SMILES string of the molecule is COc1cnc(CC(=O)O)c(O)c1C(F)F. The van der Waals surface area contributed by atoms with Gasteiger partial charge in [-0.3, -0.25) is 9.78 Å².